The molecule has 0 radical (unpaired) electrons. The van der Waals surface area contributed by atoms with Crippen LogP contribution < -0.4 is 5.73 Å². The number of carbonyl (C=O) groups excluding carboxylic acids is 2. The maximum absolute atomic E-state index is 11.4. The molecule has 2 N–H and O–H groups in total. The Balaban J connectivity index is 0.000000211. The van der Waals surface area contributed by atoms with E-state index in [1.165, 1.54) is 19.3 Å². The summed E-state index contributed by atoms with van der Waals surface area (Å²) in [5, 5.41) is 0. The second kappa shape index (κ2) is 10.1. The molecule has 0 spiro atoms. The number of ether oxygens (including phenoxy) is 1. The van der Waals surface area contributed by atoms with Gasteiger partial charge in [-0.15, -0.1) is 0 Å². The molecule has 1 fully saturated rings. The van der Waals surface area contributed by atoms with Crippen molar-refractivity contribution in [3.63, 3.8) is 0 Å². The minimum absolute atomic E-state index is 0.252. The van der Waals surface area contributed by atoms with Crippen LogP contribution in [0.2, 0.25) is 0 Å². The standard InChI is InChI=1S/C9H17NO.C8H8O2/c1-7(10)9(11)8-5-3-2-4-6-8;9-7-10-6-8-4-2-1-3-5-8/h7-8H,2-6,10H2,1H3;1-5,7H,6H2/t7-;/m0./s1. The van der Waals surface area contributed by atoms with Crippen molar-refractivity contribution < 1.29 is 14.3 Å². The first-order valence-corrected chi connectivity index (χ1v) is 7.53. The normalized spacial score (nSPS) is 16.3. The van der Waals surface area contributed by atoms with Crippen LogP contribution >= 0.6 is 0 Å². The first kappa shape index (κ1) is 17.4. The Morgan fingerprint density at radius 1 is 1.29 bits per heavy atom. The SMILES string of the molecule is C[C@H](N)C(=O)C1CCCCC1.O=COCc1ccccc1. The van der Waals surface area contributed by atoms with Gasteiger partial charge in [-0.2, -0.15) is 0 Å². The summed E-state index contributed by atoms with van der Waals surface area (Å²) in [6.45, 7) is 2.61. The van der Waals surface area contributed by atoms with E-state index >= 15 is 0 Å². The first-order chi connectivity index (χ1) is 10.1. The predicted octanol–water partition coefficient (Wildman–Crippen LogP) is 2.84. The van der Waals surface area contributed by atoms with Crippen LogP contribution in [0.15, 0.2) is 30.3 Å². The fourth-order valence-corrected chi connectivity index (χ4v) is 2.46. The molecule has 0 unspecified atom stereocenters. The van der Waals surface area contributed by atoms with Crippen molar-refractivity contribution in [3.05, 3.63) is 35.9 Å². The van der Waals surface area contributed by atoms with Gasteiger partial charge >= 0.3 is 0 Å². The summed E-state index contributed by atoms with van der Waals surface area (Å²) in [7, 11) is 0. The molecule has 2 rings (SSSR count). The van der Waals surface area contributed by atoms with Crippen LogP contribution in [-0.2, 0) is 20.9 Å². The third-order valence-electron chi connectivity index (χ3n) is 3.62. The van der Waals surface area contributed by atoms with Gasteiger partial charge in [-0.1, -0.05) is 49.6 Å². The minimum atomic E-state index is -0.252. The lowest BCUT2D eigenvalue weighted by atomic mass is 9.84. The van der Waals surface area contributed by atoms with E-state index in [9.17, 15) is 9.59 Å². The highest BCUT2D eigenvalue weighted by atomic mass is 16.5. The van der Waals surface area contributed by atoms with Crippen LogP contribution in [0.4, 0.5) is 0 Å². The molecule has 0 aliphatic heterocycles. The minimum Gasteiger partial charge on any atom is -0.463 e. The van der Waals surface area contributed by atoms with Crippen LogP contribution in [-0.4, -0.2) is 18.3 Å². The molecule has 0 aromatic heterocycles. The zero-order valence-electron chi connectivity index (χ0n) is 12.7. The fraction of sp³-hybridized carbons (Fsp3) is 0.529. The largest absolute Gasteiger partial charge is 0.463 e. The van der Waals surface area contributed by atoms with Crippen molar-refractivity contribution in [2.45, 2.75) is 51.7 Å². The number of hydrogen-bond acceptors (Lipinski definition) is 4. The van der Waals surface area contributed by atoms with Crippen molar-refractivity contribution in [2.75, 3.05) is 0 Å². The molecule has 4 nitrogen and oxygen atoms in total. The Hall–Kier alpha value is -1.68. The molecule has 1 aliphatic carbocycles. The number of Topliss-reactive ketones (excluding diaryl/α,β-unsaturated/α-hetero) is 1. The molecule has 1 saturated carbocycles. The molecule has 21 heavy (non-hydrogen) atoms. The van der Waals surface area contributed by atoms with Gasteiger partial charge in [0.1, 0.15) is 6.61 Å². The maximum Gasteiger partial charge on any atom is 0.293 e. The van der Waals surface area contributed by atoms with Gasteiger partial charge in [-0.25, -0.2) is 0 Å². The lowest BCUT2D eigenvalue weighted by molar-refractivity contribution is -0.129. The summed E-state index contributed by atoms with van der Waals surface area (Å²) in [5.74, 6) is 0.549. The fourth-order valence-electron chi connectivity index (χ4n) is 2.46. The van der Waals surface area contributed by atoms with Crippen molar-refractivity contribution in [1.29, 1.82) is 0 Å². The summed E-state index contributed by atoms with van der Waals surface area (Å²) < 4.78 is 4.54. The molecule has 116 valence electrons. The smallest absolute Gasteiger partial charge is 0.293 e. The molecule has 1 aromatic rings. The molecule has 4 heteroatoms. The summed E-state index contributed by atoms with van der Waals surface area (Å²) >= 11 is 0. The van der Waals surface area contributed by atoms with Gasteiger partial charge in [0.05, 0.1) is 6.04 Å². The summed E-state index contributed by atoms with van der Waals surface area (Å²) in [6.07, 6.45) is 5.86. The zero-order chi connectivity index (χ0) is 15.5. The number of carbonyl (C=O) groups is 2. The average Bonchev–Trinajstić information content (AvgIpc) is 2.54. The van der Waals surface area contributed by atoms with Gasteiger partial charge < -0.3 is 10.5 Å². The van der Waals surface area contributed by atoms with Gasteiger partial charge in [0.2, 0.25) is 0 Å². The summed E-state index contributed by atoms with van der Waals surface area (Å²) in [5.41, 5.74) is 6.53. The molecule has 0 heterocycles. The highest BCUT2D eigenvalue weighted by Crippen LogP contribution is 2.24. The van der Waals surface area contributed by atoms with Crippen molar-refractivity contribution >= 4 is 12.3 Å². The molecule has 1 atom stereocenters. The monoisotopic (exact) mass is 291 g/mol. The topological polar surface area (TPSA) is 69.4 Å². The van der Waals surface area contributed by atoms with E-state index in [0.717, 1.165) is 18.4 Å². The molecular weight excluding hydrogens is 266 g/mol. The van der Waals surface area contributed by atoms with Crippen LogP contribution in [0.5, 0.6) is 0 Å². The highest BCUT2D eigenvalue weighted by Gasteiger charge is 2.22. The lowest BCUT2D eigenvalue weighted by Gasteiger charge is -2.21. The molecule has 0 saturated heterocycles. The summed E-state index contributed by atoms with van der Waals surface area (Å²) in [6, 6.07) is 9.29. The number of benzene rings is 1. The van der Waals surface area contributed by atoms with Crippen LogP contribution in [0.25, 0.3) is 0 Å². The van der Waals surface area contributed by atoms with E-state index < -0.39 is 0 Å². The van der Waals surface area contributed by atoms with E-state index in [0.29, 0.717) is 13.1 Å². The van der Waals surface area contributed by atoms with Crippen molar-refractivity contribution in [3.8, 4) is 0 Å². The predicted molar refractivity (Wildman–Crippen MR) is 82.5 cm³/mol. The Labute approximate surface area is 126 Å². The Morgan fingerprint density at radius 2 is 1.90 bits per heavy atom. The second-order valence-corrected chi connectivity index (χ2v) is 5.42. The first-order valence-electron chi connectivity index (χ1n) is 7.53. The number of rotatable bonds is 5. The van der Waals surface area contributed by atoms with Crippen LogP contribution in [0.1, 0.15) is 44.6 Å². The molecule has 0 bridgehead atoms. The van der Waals surface area contributed by atoms with Gasteiger partial charge in [0, 0.05) is 5.92 Å². The van der Waals surface area contributed by atoms with Gasteiger partial charge in [-0.05, 0) is 25.3 Å². The highest BCUT2D eigenvalue weighted by molar-refractivity contribution is 5.85. The second-order valence-electron chi connectivity index (χ2n) is 5.42. The van der Waals surface area contributed by atoms with E-state index in [2.05, 4.69) is 4.74 Å². The van der Waals surface area contributed by atoms with Crippen molar-refractivity contribution in [2.24, 2.45) is 11.7 Å². The van der Waals surface area contributed by atoms with E-state index in [1.54, 1.807) is 6.92 Å². The molecule has 1 aromatic carbocycles. The third-order valence-corrected chi connectivity index (χ3v) is 3.62. The number of ketones is 1. The average molecular weight is 291 g/mol. The van der Waals surface area contributed by atoms with Crippen LogP contribution in [0, 0.1) is 5.92 Å². The van der Waals surface area contributed by atoms with Crippen LogP contribution in [0.3, 0.4) is 0 Å². The lowest BCUT2D eigenvalue weighted by Crippen LogP contribution is -2.33. The quantitative estimate of drug-likeness (QED) is 0.847. The Kier molecular flexibility index (Phi) is 8.36. The van der Waals surface area contributed by atoms with Gasteiger partial charge in [0.15, 0.2) is 5.78 Å². The van der Waals surface area contributed by atoms with E-state index in [-0.39, 0.29) is 17.7 Å². The maximum atomic E-state index is 11.4. The van der Waals surface area contributed by atoms with E-state index in [1.807, 2.05) is 30.3 Å². The zero-order valence-corrected chi connectivity index (χ0v) is 12.7. The Bertz CT molecular complexity index is 411. The number of hydrogen-bond donors (Lipinski definition) is 1. The number of nitrogens with two attached hydrogens (primary N) is 1. The summed E-state index contributed by atoms with van der Waals surface area (Å²) in [4.78, 5) is 21.1. The van der Waals surface area contributed by atoms with Gasteiger partial charge in [-0.3, -0.25) is 9.59 Å². The molecular formula is C17H25NO3. The third kappa shape index (κ3) is 7.04. The Morgan fingerprint density at radius 3 is 2.43 bits per heavy atom. The molecule has 1 aliphatic rings. The van der Waals surface area contributed by atoms with Crippen molar-refractivity contribution in [1.82, 2.24) is 0 Å². The van der Waals surface area contributed by atoms with Gasteiger partial charge in [0.25, 0.3) is 6.47 Å². The molecule has 0 amide bonds. The van der Waals surface area contributed by atoms with E-state index in [4.69, 9.17) is 5.73 Å².